The van der Waals surface area contributed by atoms with Crippen LogP contribution in [-0.4, -0.2) is 18.0 Å². The van der Waals surface area contributed by atoms with Crippen LogP contribution in [-0.2, 0) is 0 Å². The lowest BCUT2D eigenvalue weighted by Crippen LogP contribution is -2.52. The van der Waals surface area contributed by atoms with Crippen molar-refractivity contribution < 1.29 is 39.5 Å². The van der Waals surface area contributed by atoms with Gasteiger partial charge in [0.2, 0.25) is 0 Å². The summed E-state index contributed by atoms with van der Waals surface area (Å²) in [6.07, 6.45) is -9.88. The van der Waals surface area contributed by atoms with Gasteiger partial charge in [-0.3, -0.25) is 0 Å². The average molecular weight is 246 g/mol. The smallest absolute Gasteiger partial charge is 0.194 e. The normalized spacial score (nSPS) is 14.0. The molecule has 0 aliphatic heterocycles. The molecule has 90 valence electrons. The van der Waals surface area contributed by atoms with Crippen LogP contribution < -0.4 is 0 Å². The third-order valence-electron chi connectivity index (χ3n) is 1.50. The highest BCUT2D eigenvalue weighted by molar-refractivity contribution is 5.17. The van der Waals surface area contributed by atoms with Crippen LogP contribution in [0, 0.1) is 0 Å². The first kappa shape index (κ1) is 14.1. The van der Waals surface area contributed by atoms with E-state index in [2.05, 4.69) is 0 Å². The predicted octanol–water partition coefficient (Wildman–Crippen LogP) is 3.99. The van der Waals surface area contributed by atoms with E-state index in [0.717, 1.165) is 0 Å². The molecular formula is C6H3F9. The van der Waals surface area contributed by atoms with Crippen LogP contribution >= 0.6 is 0 Å². The summed E-state index contributed by atoms with van der Waals surface area (Å²) in [7, 11) is 0. The third-order valence-corrected chi connectivity index (χ3v) is 1.50. The number of halogens is 9. The van der Waals surface area contributed by atoms with Crippen LogP contribution in [0.4, 0.5) is 39.5 Å². The van der Waals surface area contributed by atoms with Crippen LogP contribution in [0.3, 0.4) is 0 Å². The van der Waals surface area contributed by atoms with Crippen LogP contribution in [0.1, 0.15) is 6.92 Å². The van der Waals surface area contributed by atoms with Gasteiger partial charge >= 0.3 is 18.0 Å². The summed E-state index contributed by atoms with van der Waals surface area (Å²) in [5, 5.41) is 0. The SMILES string of the molecule is CC(=C(F)F)C(F)(F)C(F)(F)C(F)(F)F. The lowest BCUT2D eigenvalue weighted by atomic mass is 10.0. The van der Waals surface area contributed by atoms with E-state index >= 15 is 0 Å². The topological polar surface area (TPSA) is 0 Å². The molecule has 0 atom stereocenters. The van der Waals surface area contributed by atoms with Crippen molar-refractivity contribution in [3.05, 3.63) is 11.7 Å². The third kappa shape index (κ3) is 2.20. The molecular weight excluding hydrogens is 243 g/mol. The quantitative estimate of drug-likeness (QED) is 0.646. The summed E-state index contributed by atoms with van der Waals surface area (Å²) < 4.78 is 106. The molecule has 0 saturated carbocycles. The van der Waals surface area contributed by atoms with E-state index < -0.39 is 29.7 Å². The maximum atomic E-state index is 12.3. The molecule has 0 heterocycles. The van der Waals surface area contributed by atoms with E-state index in [1.54, 1.807) is 0 Å². The van der Waals surface area contributed by atoms with Crippen molar-refractivity contribution >= 4 is 0 Å². The van der Waals surface area contributed by atoms with E-state index in [-0.39, 0.29) is 6.92 Å². The highest BCUT2D eigenvalue weighted by Crippen LogP contribution is 2.50. The predicted molar refractivity (Wildman–Crippen MR) is 30.9 cm³/mol. The lowest BCUT2D eigenvalue weighted by Gasteiger charge is -2.28. The minimum atomic E-state index is -6.60. The van der Waals surface area contributed by atoms with Gasteiger partial charge in [0.05, 0.1) is 5.57 Å². The van der Waals surface area contributed by atoms with Crippen molar-refractivity contribution in [2.45, 2.75) is 24.9 Å². The standard InChI is InChI=1S/C6H3F9/c1-2(3(7)8)4(9,10)5(11,12)6(13,14)15/h1H3. The molecule has 0 rings (SSSR count). The van der Waals surface area contributed by atoms with Crippen molar-refractivity contribution in [1.29, 1.82) is 0 Å². The van der Waals surface area contributed by atoms with Gasteiger partial charge in [0.15, 0.2) is 0 Å². The van der Waals surface area contributed by atoms with Gasteiger partial charge in [-0.15, -0.1) is 0 Å². The van der Waals surface area contributed by atoms with Crippen LogP contribution in [0.25, 0.3) is 0 Å². The van der Waals surface area contributed by atoms with Crippen LogP contribution in [0.5, 0.6) is 0 Å². The molecule has 0 spiro atoms. The Hall–Kier alpha value is -0.890. The van der Waals surface area contributed by atoms with Crippen LogP contribution in [0.2, 0.25) is 0 Å². The fourth-order valence-electron chi connectivity index (χ4n) is 0.532. The monoisotopic (exact) mass is 246 g/mol. The number of hydrogen-bond acceptors (Lipinski definition) is 0. The Kier molecular flexibility index (Phi) is 3.39. The molecule has 0 aromatic carbocycles. The molecule has 0 unspecified atom stereocenters. The largest absolute Gasteiger partial charge is 0.460 e. The Morgan fingerprint density at radius 3 is 1.33 bits per heavy atom. The van der Waals surface area contributed by atoms with Gasteiger partial charge < -0.3 is 0 Å². The Labute approximate surface area is 77.4 Å². The van der Waals surface area contributed by atoms with Crippen molar-refractivity contribution in [3.63, 3.8) is 0 Å². The molecule has 0 bridgehead atoms. The molecule has 0 nitrogen and oxygen atoms in total. The second kappa shape index (κ2) is 3.60. The Morgan fingerprint density at radius 1 is 0.800 bits per heavy atom. The number of alkyl halides is 7. The van der Waals surface area contributed by atoms with Gasteiger partial charge in [-0.2, -0.15) is 39.5 Å². The fraction of sp³-hybridized carbons (Fsp3) is 0.667. The first-order valence-corrected chi connectivity index (χ1v) is 3.20. The Bertz CT molecular complexity index is 267. The van der Waals surface area contributed by atoms with E-state index in [0.29, 0.717) is 0 Å². The highest BCUT2D eigenvalue weighted by Gasteiger charge is 2.74. The van der Waals surface area contributed by atoms with Crippen molar-refractivity contribution in [2.24, 2.45) is 0 Å². The van der Waals surface area contributed by atoms with Gasteiger partial charge in [0, 0.05) is 0 Å². The molecule has 0 aliphatic carbocycles. The van der Waals surface area contributed by atoms with Crippen molar-refractivity contribution in [1.82, 2.24) is 0 Å². The molecule has 0 amide bonds. The number of rotatable bonds is 2. The van der Waals surface area contributed by atoms with E-state index in [1.165, 1.54) is 0 Å². The van der Waals surface area contributed by atoms with Gasteiger partial charge in [0.1, 0.15) is 0 Å². The molecule has 0 aromatic rings. The minimum absolute atomic E-state index is 0.199. The van der Waals surface area contributed by atoms with Gasteiger partial charge in [-0.1, -0.05) is 0 Å². The van der Waals surface area contributed by atoms with Gasteiger partial charge in [-0.05, 0) is 6.92 Å². The molecule has 0 radical (unpaired) electrons. The summed E-state index contributed by atoms with van der Waals surface area (Å²) >= 11 is 0. The zero-order valence-corrected chi connectivity index (χ0v) is 6.90. The first-order chi connectivity index (χ1) is 6.35. The molecule has 0 saturated heterocycles. The van der Waals surface area contributed by atoms with Gasteiger partial charge in [0.25, 0.3) is 6.08 Å². The summed E-state index contributed by atoms with van der Waals surface area (Å²) in [6, 6.07) is 0. The van der Waals surface area contributed by atoms with E-state index in [1.807, 2.05) is 0 Å². The first-order valence-electron chi connectivity index (χ1n) is 3.20. The molecule has 0 fully saturated rings. The van der Waals surface area contributed by atoms with Crippen molar-refractivity contribution in [2.75, 3.05) is 0 Å². The van der Waals surface area contributed by atoms with E-state index in [9.17, 15) is 39.5 Å². The van der Waals surface area contributed by atoms with E-state index in [4.69, 9.17) is 0 Å². The maximum Gasteiger partial charge on any atom is 0.460 e. The van der Waals surface area contributed by atoms with Gasteiger partial charge in [-0.25, -0.2) is 0 Å². The summed E-state index contributed by atoms with van der Waals surface area (Å²) in [5.74, 6) is -12.5. The lowest BCUT2D eigenvalue weighted by molar-refractivity contribution is -0.344. The molecule has 0 aromatic heterocycles. The maximum absolute atomic E-state index is 12.3. The summed E-state index contributed by atoms with van der Waals surface area (Å²) in [4.78, 5) is 0. The Balaban J connectivity index is 5.49. The molecule has 0 aliphatic rings. The second-order valence-electron chi connectivity index (χ2n) is 2.53. The molecule has 9 heteroatoms. The number of hydrogen-bond donors (Lipinski definition) is 0. The zero-order valence-electron chi connectivity index (χ0n) is 6.90. The zero-order chi connectivity index (χ0) is 12.7. The fourth-order valence-corrected chi connectivity index (χ4v) is 0.532. The van der Waals surface area contributed by atoms with Crippen LogP contribution in [0.15, 0.2) is 11.7 Å². The molecule has 15 heavy (non-hydrogen) atoms. The summed E-state index contributed by atoms with van der Waals surface area (Å²) in [6.45, 7) is -0.199. The molecule has 0 N–H and O–H groups in total. The average Bonchev–Trinajstić information content (AvgIpc) is 2.00. The number of allylic oxidation sites excluding steroid dienone is 1. The van der Waals surface area contributed by atoms with Crippen molar-refractivity contribution in [3.8, 4) is 0 Å². The Morgan fingerprint density at radius 2 is 1.13 bits per heavy atom. The minimum Gasteiger partial charge on any atom is -0.194 e. The summed E-state index contributed by atoms with van der Waals surface area (Å²) in [5.41, 5.74) is -2.61. The highest BCUT2D eigenvalue weighted by atomic mass is 19.4. The second-order valence-corrected chi connectivity index (χ2v) is 2.53.